The summed E-state index contributed by atoms with van der Waals surface area (Å²) < 4.78 is 25.5. The van der Waals surface area contributed by atoms with Crippen molar-refractivity contribution in [2.45, 2.75) is 13.5 Å². The molecule has 2 nitrogen and oxygen atoms in total. The van der Waals surface area contributed by atoms with E-state index in [4.69, 9.17) is 5.21 Å². The van der Waals surface area contributed by atoms with Gasteiger partial charge in [0.05, 0.1) is 0 Å². The Morgan fingerprint density at radius 1 is 1.33 bits per heavy atom. The number of benzene rings is 1. The van der Waals surface area contributed by atoms with E-state index in [0.29, 0.717) is 5.56 Å². The van der Waals surface area contributed by atoms with Gasteiger partial charge in [0, 0.05) is 18.2 Å². The lowest BCUT2D eigenvalue weighted by molar-refractivity contribution is 0.160. The molecule has 1 aromatic rings. The summed E-state index contributed by atoms with van der Waals surface area (Å²) in [6.07, 6.45) is 0. The van der Waals surface area contributed by atoms with E-state index in [1.54, 1.807) is 0 Å². The highest BCUT2D eigenvalue weighted by molar-refractivity contribution is 5.25. The molecule has 0 heterocycles. The number of rotatable bonds is 2. The third-order valence-electron chi connectivity index (χ3n) is 1.60. The van der Waals surface area contributed by atoms with E-state index in [1.165, 1.54) is 13.0 Å². The minimum atomic E-state index is -0.653. The van der Waals surface area contributed by atoms with Crippen LogP contribution in [0.1, 0.15) is 11.1 Å². The van der Waals surface area contributed by atoms with Gasteiger partial charge >= 0.3 is 0 Å². The molecule has 0 aliphatic carbocycles. The largest absolute Gasteiger partial charge is 0.316 e. The number of aryl methyl sites for hydroxylation is 1. The molecule has 2 N–H and O–H groups in total. The molecule has 0 spiro atoms. The van der Waals surface area contributed by atoms with E-state index in [0.717, 1.165) is 6.07 Å². The third kappa shape index (κ3) is 1.78. The SMILES string of the molecule is Cc1cc(CNO)c(F)cc1F. The molecule has 0 bridgehead atoms. The Morgan fingerprint density at radius 2 is 2.00 bits per heavy atom. The molecule has 0 saturated heterocycles. The minimum Gasteiger partial charge on any atom is -0.316 e. The molecule has 0 aliphatic rings. The fourth-order valence-electron chi connectivity index (χ4n) is 0.938. The zero-order chi connectivity index (χ0) is 9.14. The van der Waals surface area contributed by atoms with Gasteiger partial charge in [-0.05, 0) is 18.6 Å². The fourth-order valence-corrected chi connectivity index (χ4v) is 0.938. The number of nitrogens with one attached hydrogen (secondary N) is 1. The highest BCUT2D eigenvalue weighted by Crippen LogP contribution is 2.13. The van der Waals surface area contributed by atoms with Gasteiger partial charge in [-0.15, -0.1) is 0 Å². The van der Waals surface area contributed by atoms with Gasteiger partial charge in [-0.2, -0.15) is 0 Å². The molecule has 4 heteroatoms. The van der Waals surface area contributed by atoms with Crippen LogP contribution in [0.25, 0.3) is 0 Å². The summed E-state index contributed by atoms with van der Waals surface area (Å²) in [5.74, 6) is -1.23. The Morgan fingerprint density at radius 3 is 2.58 bits per heavy atom. The standard InChI is InChI=1S/C8H9F2NO/c1-5-2-6(4-11-12)8(10)3-7(5)9/h2-3,11-12H,4H2,1H3. The van der Waals surface area contributed by atoms with Crippen molar-refractivity contribution in [1.29, 1.82) is 0 Å². The Hall–Kier alpha value is -1.00. The van der Waals surface area contributed by atoms with Gasteiger partial charge in [-0.3, -0.25) is 0 Å². The van der Waals surface area contributed by atoms with Crippen LogP contribution in [0.4, 0.5) is 8.78 Å². The molecule has 12 heavy (non-hydrogen) atoms. The second-order valence-corrected chi connectivity index (χ2v) is 2.53. The molecule has 0 radical (unpaired) electrons. The first-order valence-electron chi connectivity index (χ1n) is 3.46. The smallest absolute Gasteiger partial charge is 0.130 e. The van der Waals surface area contributed by atoms with E-state index < -0.39 is 11.6 Å². The van der Waals surface area contributed by atoms with Crippen molar-refractivity contribution in [2.75, 3.05) is 0 Å². The van der Waals surface area contributed by atoms with Gasteiger partial charge in [0.2, 0.25) is 0 Å². The maximum Gasteiger partial charge on any atom is 0.130 e. The molecule has 1 rings (SSSR count). The quantitative estimate of drug-likeness (QED) is 0.668. The van der Waals surface area contributed by atoms with Crippen LogP contribution in [0.15, 0.2) is 12.1 Å². The maximum atomic E-state index is 12.8. The molecule has 0 unspecified atom stereocenters. The Balaban J connectivity index is 3.05. The first-order valence-corrected chi connectivity index (χ1v) is 3.46. The second kappa shape index (κ2) is 3.60. The van der Waals surface area contributed by atoms with E-state index >= 15 is 0 Å². The van der Waals surface area contributed by atoms with Crippen LogP contribution in [0.5, 0.6) is 0 Å². The molecule has 0 amide bonds. The second-order valence-electron chi connectivity index (χ2n) is 2.53. The monoisotopic (exact) mass is 173 g/mol. The third-order valence-corrected chi connectivity index (χ3v) is 1.60. The molecule has 0 saturated carbocycles. The first-order chi connectivity index (χ1) is 5.65. The van der Waals surface area contributed by atoms with Crippen molar-refractivity contribution in [3.8, 4) is 0 Å². The van der Waals surface area contributed by atoms with Crippen LogP contribution in [0.3, 0.4) is 0 Å². The minimum absolute atomic E-state index is 0.0209. The summed E-state index contributed by atoms with van der Waals surface area (Å²) in [6, 6.07) is 2.16. The number of hydrogen-bond donors (Lipinski definition) is 2. The lowest BCUT2D eigenvalue weighted by Gasteiger charge is -2.03. The van der Waals surface area contributed by atoms with Crippen molar-refractivity contribution < 1.29 is 14.0 Å². The van der Waals surface area contributed by atoms with E-state index in [1.807, 2.05) is 5.48 Å². The van der Waals surface area contributed by atoms with E-state index in [9.17, 15) is 8.78 Å². The molecule has 66 valence electrons. The lowest BCUT2D eigenvalue weighted by Crippen LogP contribution is -2.08. The van der Waals surface area contributed by atoms with Gasteiger partial charge in [-0.1, -0.05) is 0 Å². The highest BCUT2D eigenvalue weighted by Gasteiger charge is 2.05. The molecule has 1 aromatic carbocycles. The van der Waals surface area contributed by atoms with Crippen LogP contribution in [0, 0.1) is 18.6 Å². The first kappa shape index (κ1) is 9.09. The van der Waals surface area contributed by atoms with Gasteiger partial charge in [0.1, 0.15) is 11.6 Å². The van der Waals surface area contributed by atoms with Crippen molar-refractivity contribution in [3.05, 3.63) is 34.9 Å². The van der Waals surface area contributed by atoms with Crippen LogP contribution in [-0.4, -0.2) is 5.21 Å². The van der Waals surface area contributed by atoms with Crippen LogP contribution < -0.4 is 5.48 Å². The topological polar surface area (TPSA) is 32.3 Å². The predicted octanol–water partition coefficient (Wildman–Crippen LogP) is 1.75. The summed E-state index contributed by atoms with van der Waals surface area (Å²) in [5.41, 5.74) is 2.42. The molecule has 0 fully saturated rings. The Kier molecular flexibility index (Phi) is 2.73. The van der Waals surface area contributed by atoms with Crippen molar-refractivity contribution >= 4 is 0 Å². The van der Waals surface area contributed by atoms with Gasteiger partial charge in [0.25, 0.3) is 0 Å². The van der Waals surface area contributed by atoms with Crippen molar-refractivity contribution in [2.24, 2.45) is 0 Å². The zero-order valence-corrected chi connectivity index (χ0v) is 6.56. The number of hydroxylamine groups is 1. The normalized spacial score (nSPS) is 10.3. The van der Waals surface area contributed by atoms with Crippen LogP contribution >= 0.6 is 0 Å². The predicted molar refractivity (Wildman–Crippen MR) is 39.7 cm³/mol. The maximum absolute atomic E-state index is 12.8. The van der Waals surface area contributed by atoms with Crippen LogP contribution in [-0.2, 0) is 6.54 Å². The Labute approximate surface area is 68.8 Å². The molecule has 0 atom stereocenters. The fraction of sp³-hybridized carbons (Fsp3) is 0.250. The van der Waals surface area contributed by atoms with Gasteiger partial charge in [-0.25, -0.2) is 14.3 Å². The molecular formula is C8H9F2NO. The molecule has 0 aliphatic heterocycles. The summed E-state index contributed by atoms with van der Waals surface area (Å²) >= 11 is 0. The lowest BCUT2D eigenvalue weighted by atomic mass is 10.1. The molecule has 0 aromatic heterocycles. The average molecular weight is 173 g/mol. The van der Waals surface area contributed by atoms with Gasteiger partial charge < -0.3 is 5.21 Å². The van der Waals surface area contributed by atoms with Crippen molar-refractivity contribution in [3.63, 3.8) is 0 Å². The van der Waals surface area contributed by atoms with E-state index in [2.05, 4.69) is 0 Å². The van der Waals surface area contributed by atoms with Crippen LogP contribution in [0.2, 0.25) is 0 Å². The summed E-state index contributed by atoms with van der Waals surface area (Å²) in [5, 5.41) is 8.29. The molecular weight excluding hydrogens is 164 g/mol. The van der Waals surface area contributed by atoms with Gasteiger partial charge in [0.15, 0.2) is 0 Å². The summed E-state index contributed by atoms with van der Waals surface area (Å²) in [7, 11) is 0. The summed E-state index contributed by atoms with van der Waals surface area (Å²) in [4.78, 5) is 0. The average Bonchev–Trinajstić information content (AvgIpc) is 2.01. The number of halogens is 2. The Bertz CT molecular complexity index is 289. The zero-order valence-electron chi connectivity index (χ0n) is 6.56. The number of hydrogen-bond acceptors (Lipinski definition) is 2. The van der Waals surface area contributed by atoms with Crippen molar-refractivity contribution in [1.82, 2.24) is 5.48 Å². The van der Waals surface area contributed by atoms with E-state index in [-0.39, 0.29) is 12.1 Å². The summed E-state index contributed by atoms with van der Waals surface area (Å²) in [6.45, 7) is 1.52. The highest BCUT2D eigenvalue weighted by atomic mass is 19.1.